The van der Waals surface area contributed by atoms with Crippen LogP contribution in [0.1, 0.15) is 38.2 Å². The third kappa shape index (κ3) is 4.06. The Morgan fingerprint density at radius 2 is 1.58 bits per heavy atom. The second kappa shape index (κ2) is 8.35. The Labute approximate surface area is 135 Å². The second-order valence-electron chi connectivity index (χ2n) is 4.34. The van der Waals surface area contributed by atoms with E-state index < -0.39 is 17.4 Å². The van der Waals surface area contributed by atoms with Crippen molar-refractivity contribution in [2.45, 2.75) is 38.0 Å². The first-order valence-electron chi connectivity index (χ1n) is 6.08. The molecular formula is C14H19NaO4. The van der Waals surface area contributed by atoms with Gasteiger partial charge in [-0.3, -0.25) is 9.59 Å². The number of hydrogen-bond donors (Lipinski definition) is 2. The zero-order valence-electron chi connectivity index (χ0n) is 10.4. The van der Waals surface area contributed by atoms with Crippen LogP contribution < -0.4 is 0 Å². The molecule has 4 nitrogen and oxygen atoms in total. The number of rotatable bonds is 7. The second-order valence-corrected chi connectivity index (χ2v) is 4.34. The molecule has 19 heavy (non-hydrogen) atoms. The van der Waals surface area contributed by atoms with E-state index in [4.69, 9.17) is 0 Å². The van der Waals surface area contributed by atoms with Crippen molar-refractivity contribution in [1.82, 2.24) is 0 Å². The molecule has 1 aromatic rings. The number of carboxylic acids is 2. The van der Waals surface area contributed by atoms with E-state index >= 15 is 0 Å². The van der Waals surface area contributed by atoms with Gasteiger partial charge in [-0.15, -0.1) is 0 Å². The van der Waals surface area contributed by atoms with Gasteiger partial charge >= 0.3 is 41.5 Å². The standard InChI is InChI=1S/C14H18O4.Na.H/c1-2-3-7-10-14(12(15)16,13(17)18)11-8-5-4-6-9-11;;/h4-6,8-9H,2-3,7,10H2,1H3,(H,15,16)(H,17,18);;. The third-order valence-corrected chi connectivity index (χ3v) is 3.15. The zero-order chi connectivity index (χ0) is 13.6. The molecule has 0 aromatic heterocycles. The van der Waals surface area contributed by atoms with E-state index in [1.807, 2.05) is 6.92 Å². The van der Waals surface area contributed by atoms with Gasteiger partial charge in [-0.2, -0.15) is 0 Å². The van der Waals surface area contributed by atoms with E-state index in [0.717, 1.165) is 12.8 Å². The first-order chi connectivity index (χ1) is 8.55. The molecule has 0 aliphatic carbocycles. The Bertz CT molecular complexity index is 403. The van der Waals surface area contributed by atoms with Crippen LogP contribution >= 0.6 is 0 Å². The zero-order valence-corrected chi connectivity index (χ0v) is 10.4. The molecule has 0 aliphatic heterocycles. The van der Waals surface area contributed by atoms with Crippen LogP contribution in [-0.2, 0) is 15.0 Å². The number of hydrogen-bond acceptors (Lipinski definition) is 2. The molecule has 0 saturated heterocycles. The van der Waals surface area contributed by atoms with Crippen LogP contribution in [0.3, 0.4) is 0 Å². The normalized spacial score (nSPS) is 10.6. The number of benzene rings is 1. The van der Waals surface area contributed by atoms with E-state index in [-0.39, 0.29) is 36.0 Å². The molecule has 0 heterocycles. The van der Waals surface area contributed by atoms with Gasteiger partial charge in [-0.25, -0.2) is 0 Å². The van der Waals surface area contributed by atoms with Crippen LogP contribution in [0.2, 0.25) is 0 Å². The molecule has 0 aliphatic rings. The Kier molecular flexibility index (Phi) is 7.99. The van der Waals surface area contributed by atoms with Crippen LogP contribution in [0.15, 0.2) is 30.3 Å². The van der Waals surface area contributed by atoms with Crippen LogP contribution in [0, 0.1) is 0 Å². The number of carboxylic acid groups (broad SMARTS) is 2. The van der Waals surface area contributed by atoms with Gasteiger partial charge < -0.3 is 10.2 Å². The Hall–Kier alpha value is -0.840. The molecule has 0 unspecified atom stereocenters. The molecular weight excluding hydrogens is 255 g/mol. The monoisotopic (exact) mass is 274 g/mol. The molecule has 0 atom stereocenters. The summed E-state index contributed by atoms with van der Waals surface area (Å²) in [6.45, 7) is 1.99. The van der Waals surface area contributed by atoms with Crippen LogP contribution in [-0.4, -0.2) is 51.7 Å². The molecule has 5 heteroatoms. The first-order valence-corrected chi connectivity index (χ1v) is 6.08. The summed E-state index contributed by atoms with van der Waals surface area (Å²) in [4.78, 5) is 23.0. The molecule has 100 valence electrons. The molecule has 0 bridgehead atoms. The summed E-state index contributed by atoms with van der Waals surface area (Å²) in [7, 11) is 0. The first kappa shape index (κ1) is 18.2. The molecule has 0 fully saturated rings. The molecule has 0 saturated carbocycles. The summed E-state index contributed by atoms with van der Waals surface area (Å²) in [6, 6.07) is 8.19. The fourth-order valence-electron chi connectivity index (χ4n) is 2.06. The van der Waals surface area contributed by atoms with Crippen molar-refractivity contribution >= 4 is 41.5 Å². The SMILES string of the molecule is CCCCCC(C(=O)O)(C(=O)O)c1ccccc1.[NaH]. The van der Waals surface area contributed by atoms with Gasteiger partial charge in [0, 0.05) is 0 Å². The van der Waals surface area contributed by atoms with Gasteiger partial charge in [0.25, 0.3) is 0 Å². The van der Waals surface area contributed by atoms with Crippen molar-refractivity contribution in [3.8, 4) is 0 Å². The topological polar surface area (TPSA) is 74.6 Å². The van der Waals surface area contributed by atoms with Crippen molar-refractivity contribution in [2.24, 2.45) is 0 Å². The van der Waals surface area contributed by atoms with Crippen molar-refractivity contribution in [3.05, 3.63) is 35.9 Å². The van der Waals surface area contributed by atoms with Gasteiger partial charge in [0.15, 0.2) is 5.41 Å². The van der Waals surface area contributed by atoms with Crippen LogP contribution in [0.25, 0.3) is 0 Å². The quantitative estimate of drug-likeness (QED) is 0.453. The molecule has 0 amide bonds. The molecule has 1 rings (SSSR count). The fraction of sp³-hybridized carbons (Fsp3) is 0.429. The predicted molar refractivity (Wildman–Crippen MR) is 74.7 cm³/mol. The number of aliphatic carboxylic acids is 2. The summed E-state index contributed by atoms with van der Waals surface area (Å²) >= 11 is 0. The van der Waals surface area contributed by atoms with E-state index in [0.29, 0.717) is 12.0 Å². The summed E-state index contributed by atoms with van der Waals surface area (Å²) in [5.74, 6) is -2.59. The van der Waals surface area contributed by atoms with Crippen molar-refractivity contribution in [2.75, 3.05) is 0 Å². The summed E-state index contributed by atoms with van der Waals surface area (Å²) in [6.07, 6.45) is 2.46. The average molecular weight is 274 g/mol. The fourth-order valence-corrected chi connectivity index (χ4v) is 2.06. The Balaban J connectivity index is 0.00000324. The maximum atomic E-state index is 11.5. The molecule has 0 spiro atoms. The van der Waals surface area contributed by atoms with E-state index in [2.05, 4.69) is 0 Å². The summed E-state index contributed by atoms with van der Waals surface area (Å²) < 4.78 is 0. The predicted octanol–water partition coefficient (Wildman–Crippen LogP) is 2.03. The third-order valence-electron chi connectivity index (χ3n) is 3.15. The molecule has 2 N–H and O–H groups in total. The number of unbranched alkanes of at least 4 members (excludes halogenated alkanes) is 2. The van der Waals surface area contributed by atoms with Gasteiger partial charge in [0.1, 0.15) is 0 Å². The Morgan fingerprint density at radius 3 is 2.00 bits per heavy atom. The van der Waals surface area contributed by atoms with Crippen molar-refractivity contribution in [1.29, 1.82) is 0 Å². The van der Waals surface area contributed by atoms with Crippen molar-refractivity contribution < 1.29 is 19.8 Å². The van der Waals surface area contributed by atoms with Gasteiger partial charge in [0.05, 0.1) is 0 Å². The van der Waals surface area contributed by atoms with E-state index in [1.165, 1.54) is 0 Å². The van der Waals surface area contributed by atoms with Gasteiger partial charge in [-0.05, 0) is 12.0 Å². The van der Waals surface area contributed by atoms with Gasteiger partial charge in [0.2, 0.25) is 0 Å². The van der Waals surface area contributed by atoms with Crippen molar-refractivity contribution in [3.63, 3.8) is 0 Å². The maximum absolute atomic E-state index is 11.5. The number of carbonyl (C=O) groups is 2. The van der Waals surface area contributed by atoms with E-state index in [1.54, 1.807) is 30.3 Å². The minimum absolute atomic E-state index is 0. The van der Waals surface area contributed by atoms with Gasteiger partial charge in [-0.1, -0.05) is 56.5 Å². The van der Waals surface area contributed by atoms with Crippen LogP contribution in [0.4, 0.5) is 0 Å². The summed E-state index contributed by atoms with van der Waals surface area (Å²) in [5.41, 5.74) is -1.49. The molecule has 0 radical (unpaired) electrons. The van der Waals surface area contributed by atoms with E-state index in [9.17, 15) is 19.8 Å². The average Bonchev–Trinajstić information content (AvgIpc) is 2.35. The Morgan fingerprint density at radius 1 is 1.05 bits per heavy atom. The van der Waals surface area contributed by atoms with Crippen LogP contribution in [0.5, 0.6) is 0 Å². The minimum atomic E-state index is -1.82. The molecule has 1 aromatic carbocycles. The summed E-state index contributed by atoms with van der Waals surface area (Å²) in [5, 5.41) is 18.7.